The van der Waals surface area contributed by atoms with Crippen molar-refractivity contribution in [1.82, 2.24) is 4.98 Å². The highest BCUT2D eigenvalue weighted by Gasteiger charge is 2.17. The summed E-state index contributed by atoms with van der Waals surface area (Å²) >= 11 is 2.67. The predicted octanol–water partition coefficient (Wildman–Crippen LogP) is 5.42. The lowest BCUT2D eigenvalue weighted by molar-refractivity contribution is -0.119. The molecule has 0 spiro atoms. The first kappa shape index (κ1) is 21.6. The summed E-state index contributed by atoms with van der Waals surface area (Å²) in [5.74, 6) is -1.08. The number of nitriles is 1. The Hall–Kier alpha value is -3.67. The van der Waals surface area contributed by atoms with Crippen LogP contribution in [-0.4, -0.2) is 23.5 Å². The molecule has 0 aliphatic heterocycles. The molecule has 4 aromatic rings. The predicted molar refractivity (Wildman–Crippen MR) is 125 cm³/mol. The number of nitrogens with zero attached hydrogens (tertiary/aromatic N) is 2. The summed E-state index contributed by atoms with van der Waals surface area (Å²) in [7, 11) is 0. The number of fused-ring (bicyclic) bond motifs is 1. The third-order valence-electron chi connectivity index (χ3n) is 4.46. The second-order valence-corrected chi connectivity index (χ2v) is 8.94. The van der Waals surface area contributed by atoms with E-state index in [0.29, 0.717) is 21.2 Å². The van der Waals surface area contributed by atoms with Crippen LogP contribution in [-0.2, 0) is 9.53 Å². The molecular weight excluding hydrogens is 442 g/mol. The number of amides is 1. The van der Waals surface area contributed by atoms with Crippen LogP contribution in [0.25, 0.3) is 10.2 Å². The van der Waals surface area contributed by atoms with Crippen LogP contribution in [0.2, 0.25) is 0 Å². The molecule has 1 aromatic heterocycles. The number of aryl methyl sites for hydroxylation is 1. The quantitative estimate of drug-likeness (QED) is 0.387. The number of thiazole rings is 1. The third kappa shape index (κ3) is 4.97. The molecule has 4 rings (SSSR count). The Morgan fingerprint density at radius 1 is 1.09 bits per heavy atom. The number of benzene rings is 3. The van der Waals surface area contributed by atoms with E-state index < -0.39 is 18.5 Å². The van der Waals surface area contributed by atoms with Gasteiger partial charge < -0.3 is 4.74 Å². The van der Waals surface area contributed by atoms with Gasteiger partial charge in [0.25, 0.3) is 5.91 Å². The SMILES string of the molecule is Cc1ccc2nc(NC(=O)COC(=O)c3ccccc3Sc3ccccc3C#N)sc2c1. The zero-order valence-electron chi connectivity index (χ0n) is 17.0. The Labute approximate surface area is 192 Å². The number of carbonyl (C=O) groups is 2. The van der Waals surface area contributed by atoms with E-state index in [1.165, 1.54) is 23.1 Å². The minimum atomic E-state index is -0.613. The summed E-state index contributed by atoms with van der Waals surface area (Å²) < 4.78 is 6.21. The molecule has 1 N–H and O–H groups in total. The molecule has 0 aliphatic carbocycles. The summed E-state index contributed by atoms with van der Waals surface area (Å²) in [6, 6.07) is 22.1. The Morgan fingerprint density at radius 3 is 2.66 bits per heavy atom. The topological polar surface area (TPSA) is 92.1 Å². The molecule has 32 heavy (non-hydrogen) atoms. The van der Waals surface area contributed by atoms with E-state index in [-0.39, 0.29) is 0 Å². The maximum absolute atomic E-state index is 12.7. The smallest absolute Gasteiger partial charge is 0.339 e. The van der Waals surface area contributed by atoms with Crippen molar-refractivity contribution >= 4 is 50.3 Å². The molecule has 0 bridgehead atoms. The van der Waals surface area contributed by atoms with Gasteiger partial charge in [-0.3, -0.25) is 10.1 Å². The van der Waals surface area contributed by atoms with Gasteiger partial charge in [-0.15, -0.1) is 0 Å². The number of rotatable bonds is 6. The van der Waals surface area contributed by atoms with Gasteiger partial charge in [0.05, 0.1) is 21.3 Å². The average molecular weight is 460 g/mol. The maximum Gasteiger partial charge on any atom is 0.339 e. The molecule has 0 aliphatic rings. The van der Waals surface area contributed by atoms with Crippen LogP contribution in [0.15, 0.2) is 76.5 Å². The lowest BCUT2D eigenvalue weighted by Crippen LogP contribution is -2.21. The number of ether oxygens (including phenoxy) is 1. The van der Waals surface area contributed by atoms with Gasteiger partial charge in [0.1, 0.15) is 6.07 Å². The van der Waals surface area contributed by atoms with Crippen LogP contribution in [0.3, 0.4) is 0 Å². The normalized spacial score (nSPS) is 10.5. The van der Waals surface area contributed by atoms with Crippen LogP contribution >= 0.6 is 23.1 Å². The standard InChI is InChI=1S/C24H17N3O3S2/c1-15-10-11-18-21(12-15)32-24(26-18)27-22(28)14-30-23(29)17-7-3-5-9-20(17)31-19-8-4-2-6-16(19)13-25/h2-12H,14H2,1H3,(H,26,27,28). The van der Waals surface area contributed by atoms with Crippen molar-refractivity contribution in [3.8, 4) is 6.07 Å². The van der Waals surface area contributed by atoms with Gasteiger partial charge in [-0.2, -0.15) is 5.26 Å². The molecule has 1 heterocycles. The highest BCUT2D eigenvalue weighted by Crippen LogP contribution is 2.33. The lowest BCUT2D eigenvalue weighted by Gasteiger charge is -2.10. The van der Waals surface area contributed by atoms with Crippen LogP contribution in [0.5, 0.6) is 0 Å². The Morgan fingerprint density at radius 2 is 1.84 bits per heavy atom. The van der Waals surface area contributed by atoms with Crippen molar-refractivity contribution in [2.75, 3.05) is 11.9 Å². The minimum absolute atomic E-state index is 0.327. The van der Waals surface area contributed by atoms with Gasteiger partial charge in [0, 0.05) is 9.79 Å². The number of aromatic nitrogens is 1. The minimum Gasteiger partial charge on any atom is -0.452 e. The van der Waals surface area contributed by atoms with Gasteiger partial charge in [0.15, 0.2) is 11.7 Å². The van der Waals surface area contributed by atoms with E-state index in [9.17, 15) is 14.9 Å². The summed E-state index contributed by atoms with van der Waals surface area (Å²) in [6.45, 7) is 1.56. The van der Waals surface area contributed by atoms with E-state index in [1.54, 1.807) is 36.4 Å². The van der Waals surface area contributed by atoms with E-state index in [2.05, 4.69) is 16.4 Å². The molecule has 0 unspecified atom stereocenters. The fourth-order valence-corrected chi connectivity index (χ4v) is 4.94. The Balaban J connectivity index is 1.41. The van der Waals surface area contributed by atoms with E-state index >= 15 is 0 Å². The number of hydrogen-bond donors (Lipinski definition) is 1. The molecule has 1 amide bonds. The molecule has 6 nitrogen and oxygen atoms in total. The zero-order chi connectivity index (χ0) is 22.5. The number of anilines is 1. The third-order valence-corrected chi connectivity index (χ3v) is 6.54. The Bertz CT molecular complexity index is 1360. The van der Waals surface area contributed by atoms with Crippen LogP contribution in [0.1, 0.15) is 21.5 Å². The van der Waals surface area contributed by atoms with Crippen LogP contribution in [0.4, 0.5) is 5.13 Å². The first-order chi connectivity index (χ1) is 15.5. The highest BCUT2D eigenvalue weighted by atomic mass is 32.2. The monoisotopic (exact) mass is 459 g/mol. The van der Waals surface area contributed by atoms with Gasteiger partial charge in [-0.25, -0.2) is 9.78 Å². The fourth-order valence-electron chi connectivity index (χ4n) is 2.94. The first-order valence-electron chi connectivity index (χ1n) is 9.63. The van der Waals surface area contributed by atoms with Crippen molar-refractivity contribution < 1.29 is 14.3 Å². The lowest BCUT2D eigenvalue weighted by atomic mass is 10.2. The van der Waals surface area contributed by atoms with Crippen molar-refractivity contribution in [3.05, 3.63) is 83.4 Å². The molecule has 0 radical (unpaired) electrons. The van der Waals surface area contributed by atoms with Gasteiger partial charge in [-0.1, -0.05) is 53.4 Å². The summed E-state index contributed by atoms with van der Waals surface area (Å²) in [6.07, 6.45) is 0. The largest absolute Gasteiger partial charge is 0.452 e. The van der Waals surface area contributed by atoms with Gasteiger partial charge in [0.2, 0.25) is 0 Å². The van der Waals surface area contributed by atoms with Crippen molar-refractivity contribution in [2.24, 2.45) is 0 Å². The van der Waals surface area contributed by atoms with E-state index in [0.717, 1.165) is 20.7 Å². The highest BCUT2D eigenvalue weighted by molar-refractivity contribution is 7.99. The molecule has 0 saturated heterocycles. The van der Waals surface area contributed by atoms with Crippen LogP contribution < -0.4 is 5.32 Å². The molecule has 0 saturated carbocycles. The van der Waals surface area contributed by atoms with Crippen molar-refractivity contribution in [2.45, 2.75) is 16.7 Å². The van der Waals surface area contributed by atoms with Crippen molar-refractivity contribution in [1.29, 1.82) is 5.26 Å². The van der Waals surface area contributed by atoms with Gasteiger partial charge >= 0.3 is 5.97 Å². The summed E-state index contributed by atoms with van der Waals surface area (Å²) in [4.78, 5) is 30.7. The molecular formula is C24H17N3O3S2. The zero-order valence-corrected chi connectivity index (χ0v) is 18.6. The average Bonchev–Trinajstić information content (AvgIpc) is 3.19. The van der Waals surface area contributed by atoms with Crippen LogP contribution in [0, 0.1) is 18.3 Å². The maximum atomic E-state index is 12.7. The summed E-state index contributed by atoms with van der Waals surface area (Å²) in [5.41, 5.74) is 2.76. The number of hydrogen-bond acceptors (Lipinski definition) is 7. The van der Waals surface area contributed by atoms with Gasteiger partial charge in [-0.05, 0) is 48.9 Å². The second kappa shape index (κ2) is 9.64. The number of carbonyl (C=O) groups excluding carboxylic acids is 2. The number of esters is 1. The molecule has 158 valence electrons. The second-order valence-electron chi connectivity index (χ2n) is 6.82. The first-order valence-corrected chi connectivity index (χ1v) is 11.3. The number of nitrogens with one attached hydrogen (secondary N) is 1. The molecule has 3 aromatic carbocycles. The molecule has 8 heteroatoms. The van der Waals surface area contributed by atoms with Crippen molar-refractivity contribution in [3.63, 3.8) is 0 Å². The van der Waals surface area contributed by atoms with E-state index in [4.69, 9.17) is 4.74 Å². The van der Waals surface area contributed by atoms with E-state index in [1.807, 2.05) is 37.3 Å². The molecule has 0 fully saturated rings. The Kier molecular flexibility index (Phi) is 6.50. The molecule has 0 atom stereocenters. The fraction of sp³-hybridized carbons (Fsp3) is 0.0833. The summed E-state index contributed by atoms with van der Waals surface area (Å²) in [5, 5.41) is 12.4.